The molecule has 0 spiro atoms. The first-order valence-electron chi connectivity index (χ1n) is 23.3. The maximum atomic E-state index is 14.7. The van der Waals surface area contributed by atoms with Crippen molar-refractivity contribution in [2.75, 3.05) is 58.9 Å². The molecule has 0 aromatic heterocycles. The largest absolute Gasteiger partial charge is 0.460 e. The number of hydrogen-bond acceptors (Lipinski definition) is 3. The lowest BCUT2D eigenvalue weighted by molar-refractivity contribution is -0.461. The maximum Gasteiger partial charge on any atom is 0.460 e. The van der Waals surface area contributed by atoms with Crippen LogP contribution in [0.3, 0.4) is 0 Å². The van der Waals surface area contributed by atoms with Gasteiger partial charge in [0.1, 0.15) is 0 Å². The summed E-state index contributed by atoms with van der Waals surface area (Å²) in [5, 5.41) is 0. The van der Waals surface area contributed by atoms with Gasteiger partial charge in [0, 0.05) is 58.5 Å². The Morgan fingerprint density at radius 3 is 0.376 bits per heavy atom. The van der Waals surface area contributed by atoms with Gasteiger partial charge in [-0.25, -0.2) is 0 Å². The van der Waals surface area contributed by atoms with Crippen molar-refractivity contribution >= 4 is 0 Å². The van der Waals surface area contributed by atoms with Crippen LogP contribution >= 0.6 is 0 Å². The van der Waals surface area contributed by atoms with Crippen LogP contribution in [0.1, 0.15) is 38.5 Å². The lowest BCUT2D eigenvalue weighted by Crippen LogP contribution is -2.74. The summed E-state index contributed by atoms with van der Waals surface area (Å²) >= 11 is 0. The van der Waals surface area contributed by atoms with Crippen molar-refractivity contribution in [3.05, 3.63) is 0 Å². The molecule has 0 aromatic rings. The van der Waals surface area contributed by atoms with E-state index in [-0.39, 0.29) is 14.7 Å². The van der Waals surface area contributed by atoms with Crippen LogP contribution in [-0.4, -0.2) is 217 Å². The minimum Gasteiger partial charge on any atom is -0.301 e. The van der Waals surface area contributed by atoms with E-state index in [2.05, 4.69) is 0 Å². The van der Waals surface area contributed by atoms with Crippen LogP contribution in [0.15, 0.2) is 0 Å². The van der Waals surface area contributed by atoms with E-state index in [0.717, 1.165) is 0 Å². The average Bonchev–Trinajstić information content (AvgIpc) is 0.728. The van der Waals surface area contributed by atoms with Gasteiger partial charge < -0.3 is 14.7 Å². The molecule has 3 nitrogen and oxygen atoms in total. The zero-order valence-electron chi connectivity index (χ0n) is 43.2. The van der Waals surface area contributed by atoms with Gasteiger partial charge in [-0.05, 0) is 38.9 Å². The highest BCUT2D eigenvalue weighted by Gasteiger charge is 2.98. The second-order valence-corrected chi connectivity index (χ2v) is 19.8. The van der Waals surface area contributed by atoms with Crippen LogP contribution in [0.5, 0.6) is 0 Å². The van der Waals surface area contributed by atoms with Crippen LogP contribution in [0, 0.1) is 0 Å². The number of halogens is 51. The minimum absolute atomic E-state index is 0.174. The van der Waals surface area contributed by atoms with Gasteiger partial charge in [-0.3, -0.25) is 0 Å². The first-order chi connectivity index (χ1) is 40.0. The normalized spacial score (nSPS) is 18.5. The molecule has 1 rings (SSSR count). The van der Waals surface area contributed by atoms with E-state index in [1.807, 2.05) is 0 Å². The molecule has 1 saturated heterocycles. The highest BCUT2D eigenvalue weighted by molar-refractivity contribution is 5.18. The summed E-state index contributed by atoms with van der Waals surface area (Å²) in [6.07, 6.45) is -41.1. The first kappa shape index (κ1) is 87.3. The van der Waals surface area contributed by atoms with Crippen molar-refractivity contribution in [2.24, 2.45) is 0 Å². The van der Waals surface area contributed by atoms with Gasteiger partial charge in [-0.1, -0.05) is 0 Å². The molecule has 0 atom stereocenters. The van der Waals surface area contributed by atoms with Crippen LogP contribution in [-0.2, 0) is 0 Å². The fourth-order valence-corrected chi connectivity index (χ4v) is 7.49. The molecule has 0 amide bonds. The Bertz CT molecular complexity index is 2200. The predicted molar refractivity (Wildman–Crippen MR) is 199 cm³/mol. The molecule has 0 aromatic carbocycles. The van der Waals surface area contributed by atoms with E-state index in [9.17, 15) is 224 Å². The predicted octanol–water partition coefficient (Wildman–Crippen LogP) is 18.3. The molecule has 0 radical (unpaired) electrons. The standard InChI is InChI=1S/C39H30F51N3/c40-16(41,19(46,47)22(52,53)25(58,59)28(64,65)31(70,71)34(76,77)37(82,83)84)4-1-7-91-10-12-92(8-2-5-17(42,43)20(48,49)23(54,55)26(60,61)29(66,67)32(72,73)35(78,79)38(85,86)87)14-15-93(13-11-91)9-3-6-18(44,45)21(50,51)24(56,57)27(62,63)30(68,69)33(74,75)36(80,81)39(88,89)90/h1-15H2. The molecule has 1 aliphatic heterocycles. The second-order valence-electron chi connectivity index (χ2n) is 19.8. The van der Waals surface area contributed by atoms with Crippen molar-refractivity contribution in [1.29, 1.82) is 0 Å². The first-order valence-corrected chi connectivity index (χ1v) is 23.3. The van der Waals surface area contributed by atoms with Crippen molar-refractivity contribution in [2.45, 2.75) is 181 Å². The summed E-state index contributed by atoms with van der Waals surface area (Å²) < 4.78 is 702. The van der Waals surface area contributed by atoms with E-state index in [0.29, 0.717) is 0 Å². The summed E-state index contributed by atoms with van der Waals surface area (Å²) in [5.41, 5.74) is 0. The van der Waals surface area contributed by atoms with Crippen LogP contribution < -0.4 is 0 Å². The Hall–Kier alpha value is -3.69. The summed E-state index contributed by atoms with van der Waals surface area (Å²) in [7, 11) is 0. The Kier molecular flexibility index (Phi) is 23.4. The fourth-order valence-electron chi connectivity index (χ4n) is 7.49. The van der Waals surface area contributed by atoms with Gasteiger partial charge in [0.25, 0.3) is 0 Å². The molecule has 93 heavy (non-hydrogen) atoms. The van der Waals surface area contributed by atoms with Crippen LogP contribution in [0.2, 0.25) is 0 Å². The van der Waals surface area contributed by atoms with Gasteiger partial charge in [0.15, 0.2) is 0 Å². The monoisotopic (exact) mass is 1510 g/mol. The van der Waals surface area contributed by atoms with Crippen molar-refractivity contribution in [3.63, 3.8) is 0 Å². The smallest absolute Gasteiger partial charge is 0.301 e. The fraction of sp³-hybridized carbons (Fsp3) is 1.00. The van der Waals surface area contributed by atoms with E-state index in [4.69, 9.17) is 0 Å². The zero-order valence-corrected chi connectivity index (χ0v) is 43.2. The molecule has 0 saturated carbocycles. The Labute approximate surface area is 479 Å². The molecule has 1 fully saturated rings. The number of nitrogens with zero attached hydrogens (tertiary/aromatic N) is 3. The third-order valence-corrected chi connectivity index (χ3v) is 13.5. The molecular formula is C39H30F51N3. The summed E-state index contributed by atoms with van der Waals surface area (Å²) in [4.78, 5) is 0.522. The SMILES string of the molecule is FC(F)(F)C(F)(F)C(F)(F)C(F)(F)C(F)(F)C(F)(F)C(F)(F)C(F)(F)CCCN1CCN(CCCC(F)(F)C(F)(F)C(F)(F)C(F)(F)C(F)(F)C(F)(F)C(F)(F)C(F)(F)F)CCN(CCCC(F)(F)C(F)(F)C(F)(F)C(F)(F)C(F)(F)C(F)(F)C(F)(F)C(F)(F)F)CC1. The van der Waals surface area contributed by atoms with Gasteiger partial charge >= 0.3 is 143 Å². The average molecular weight is 1510 g/mol. The minimum atomic E-state index is -9.15. The van der Waals surface area contributed by atoms with E-state index >= 15 is 0 Å². The van der Waals surface area contributed by atoms with E-state index in [1.54, 1.807) is 0 Å². The molecule has 54 heteroatoms. The van der Waals surface area contributed by atoms with Gasteiger partial charge in [0.05, 0.1) is 0 Å². The quantitative estimate of drug-likeness (QED) is 0.0664. The van der Waals surface area contributed by atoms with Crippen LogP contribution in [0.4, 0.5) is 224 Å². The molecule has 1 aliphatic rings. The Morgan fingerprint density at radius 1 is 0.151 bits per heavy atom. The Morgan fingerprint density at radius 2 is 0.258 bits per heavy atom. The van der Waals surface area contributed by atoms with Crippen molar-refractivity contribution < 1.29 is 224 Å². The molecule has 0 aliphatic carbocycles. The number of alkyl halides is 51. The topological polar surface area (TPSA) is 9.72 Å². The number of hydrogen-bond donors (Lipinski definition) is 0. The highest BCUT2D eigenvalue weighted by Crippen LogP contribution is 2.68. The molecule has 558 valence electrons. The van der Waals surface area contributed by atoms with Gasteiger partial charge in [-0.2, -0.15) is 224 Å². The molecule has 0 bridgehead atoms. The van der Waals surface area contributed by atoms with Gasteiger partial charge in [-0.15, -0.1) is 0 Å². The zero-order chi connectivity index (χ0) is 75.3. The molecule has 0 N–H and O–H groups in total. The lowest BCUT2D eigenvalue weighted by Gasteiger charge is -2.43. The van der Waals surface area contributed by atoms with E-state index < -0.39 is 240 Å². The second kappa shape index (κ2) is 24.9. The maximum absolute atomic E-state index is 14.7. The third kappa shape index (κ3) is 13.4. The molecular weight excluding hydrogens is 1480 g/mol. The van der Waals surface area contributed by atoms with Crippen molar-refractivity contribution in [3.8, 4) is 0 Å². The van der Waals surface area contributed by atoms with E-state index in [1.165, 1.54) is 0 Å². The summed E-state index contributed by atoms with van der Waals surface area (Å²) in [6, 6.07) is 0. The summed E-state index contributed by atoms with van der Waals surface area (Å²) in [6.45, 7) is -13.3. The van der Waals surface area contributed by atoms with Crippen LogP contribution in [0.25, 0.3) is 0 Å². The lowest BCUT2D eigenvalue weighted by atomic mass is 9.88. The van der Waals surface area contributed by atoms with Gasteiger partial charge in [0.2, 0.25) is 0 Å². The number of rotatable bonds is 30. The summed E-state index contributed by atoms with van der Waals surface area (Å²) in [5.74, 6) is -181. The molecule has 0 unspecified atom stereocenters. The van der Waals surface area contributed by atoms with Crippen molar-refractivity contribution in [1.82, 2.24) is 14.7 Å². The Balaban J connectivity index is 3.84. The highest BCUT2D eigenvalue weighted by atomic mass is 19.5. The third-order valence-electron chi connectivity index (χ3n) is 13.5. The molecule has 1 heterocycles.